The van der Waals surface area contributed by atoms with Crippen molar-refractivity contribution in [2.45, 2.75) is 6.92 Å². The van der Waals surface area contributed by atoms with Crippen molar-refractivity contribution in [1.82, 2.24) is 0 Å². The predicted molar refractivity (Wildman–Crippen MR) is 81.6 cm³/mol. The van der Waals surface area contributed by atoms with Gasteiger partial charge in [-0.05, 0) is 31.2 Å². The van der Waals surface area contributed by atoms with E-state index in [4.69, 9.17) is 5.11 Å². The molecule has 2 aromatic carbocycles. The highest BCUT2D eigenvalue weighted by molar-refractivity contribution is 6.04. The van der Waals surface area contributed by atoms with E-state index >= 15 is 0 Å². The minimum Gasteiger partial charge on any atom is -0.480 e. The summed E-state index contributed by atoms with van der Waals surface area (Å²) in [6.45, 7) is 1.52. The van der Waals surface area contributed by atoms with Crippen LogP contribution in [-0.4, -0.2) is 23.7 Å². The first-order valence-corrected chi connectivity index (χ1v) is 6.48. The third-order valence-corrected chi connectivity index (χ3v) is 2.91. The number of carboxylic acid groups (broad SMARTS) is 1. The van der Waals surface area contributed by atoms with Crippen LogP contribution in [0.2, 0.25) is 0 Å². The quantitative estimate of drug-likeness (QED) is 0.906. The third-order valence-electron chi connectivity index (χ3n) is 2.91. The molecule has 0 atom stereocenters. The summed E-state index contributed by atoms with van der Waals surface area (Å²) < 4.78 is 0. The van der Waals surface area contributed by atoms with E-state index in [2.05, 4.69) is 5.32 Å². The molecule has 0 aliphatic heterocycles. The number of benzene rings is 2. The van der Waals surface area contributed by atoms with Crippen molar-refractivity contribution in [2.24, 2.45) is 0 Å². The van der Waals surface area contributed by atoms with Crippen molar-refractivity contribution in [3.05, 3.63) is 60.2 Å². The number of aryl methyl sites for hydroxylation is 1. The topological polar surface area (TPSA) is 69.6 Å². The van der Waals surface area contributed by atoms with Gasteiger partial charge < -0.3 is 10.4 Å². The van der Waals surface area contributed by atoms with E-state index < -0.39 is 18.5 Å². The van der Waals surface area contributed by atoms with Crippen molar-refractivity contribution in [3.63, 3.8) is 0 Å². The highest BCUT2D eigenvalue weighted by Gasteiger charge is 2.18. The molecule has 0 unspecified atom stereocenters. The van der Waals surface area contributed by atoms with Crippen molar-refractivity contribution in [2.75, 3.05) is 16.8 Å². The van der Waals surface area contributed by atoms with Crippen LogP contribution in [0.15, 0.2) is 54.6 Å². The fourth-order valence-corrected chi connectivity index (χ4v) is 1.85. The lowest BCUT2D eigenvalue weighted by Crippen LogP contribution is -2.38. The van der Waals surface area contributed by atoms with Gasteiger partial charge in [-0.15, -0.1) is 0 Å². The average Bonchev–Trinajstić information content (AvgIpc) is 2.46. The standard InChI is InChI=1S/C16H16N2O3/c1-12-7-9-14(10-8-12)18(11-15(19)20)16(21)17-13-5-3-2-4-6-13/h2-10H,11H2,1H3,(H,17,21)(H,19,20). The van der Waals surface area contributed by atoms with Gasteiger partial charge in [0.05, 0.1) is 0 Å². The van der Waals surface area contributed by atoms with Gasteiger partial charge in [-0.1, -0.05) is 35.9 Å². The number of carbonyl (C=O) groups excluding carboxylic acids is 1. The van der Waals surface area contributed by atoms with Crippen molar-refractivity contribution in [1.29, 1.82) is 0 Å². The van der Waals surface area contributed by atoms with Gasteiger partial charge in [-0.3, -0.25) is 9.69 Å². The second-order valence-corrected chi connectivity index (χ2v) is 4.61. The van der Waals surface area contributed by atoms with Crippen LogP contribution in [0.4, 0.5) is 16.2 Å². The lowest BCUT2D eigenvalue weighted by molar-refractivity contribution is -0.135. The van der Waals surface area contributed by atoms with Crippen LogP contribution in [0.1, 0.15) is 5.56 Å². The number of nitrogens with zero attached hydrogens (tertiary/aromatic N) is 1. The first-order chi connectivity index (χ1) is 10.1. The van der Waals surface area contributed by atoms with Gasteiger partial charge in [0.2, 0.25) is 0 Å². The molecular weight excluding hydrogens is 268 g/mol. The summed E-state index contributed by atoms with van der Waals surface area (Å²) in [4.78, 5) is 24.5. The highest BCUT2D eigenvalue weighted by atomic mass is 16.4. The molecule has 2 amide bonds. The number of carbonyl (C=O) groups is 2. The molecule has 0 heterocycles. The fourth-order valence-electron chi connectivity index (χ4n) is 1.85. The van der Waals surface area contributed by atoms with Crippen molar-refractivity contribution in [3.8, 4) is 0 Å². The number of urea groups is 1. The number of hydrogen-bond donors (Lipinski definition) is 2. The maximum absolute atomic E-state index is 12.3. The molecule has 0 fully saturated rings. The van der Waals surface area contributed by atoms with Crippen molar-refractivity contribution >= 4 is 23.4 Å². The Morgan fingerprint density at radius 3 is 2.24 bits per heavy atom. The molecule has 5 nitrogen and oxygen atoms in total. The van der Waals surface area contributed by atoms with E-state index in [0.29, 0.717) is 11.4 Å². The zero-order valence-electron chi connectivity index (χ0n) is 11.6. The lowest BCUT2D eigenvalue weighted by atomic mass is 10.2. The van der Waals surface area contributed by atoms with Crippen LogP contribution in [0.5, 0.6) is 0 Å². The van der Waals surface area contributed by atoms with Crippen LogP contribution in [0.25, 0.3) is 0 Å². The lowest BCUT2D eigenvalue weighted by Gasteiger charge is -2.21. The molecule has 2 aromatic rings. The molecule has 0 spiro atoms. The molecule has 21 heavy (non-hydrogen) atoms. The summed E-state index contributed by atoms with van der Waals surface area (Å²) in [6, 6.07) is 15.5. The van der Waals surface area contributed by atoms with Gasteiger partial charge in [0, 0.05) is 11.4 Å². The van der Waals surface area contributed by atoms with Crippen LogP contribution in [0, 0.1) is 6.92 Å². The first kappa shape index (κ1) is 14.6. The molecule has 108 valence electrons. The smallest absolute Gasteiger partial charge is 0.326 e. The Balaban J connectivity index is 2.21. The highest BCUT2D eigenvalue weighted by Crippen LogP contribution is 2.17. The number of rotatable bonds is 4. The number of nitrogens with one attached hydrogen (secondary N) is 1. The fraction of sp³-hybridized carbons (Fsp3) is 0.125. The van der Waals surface area contributed by atoms with Gasteiger partial charge >= 0.3 is 12.0 Å². The Bertz CT molecular complexity index is 624. The van der Waals surface area contributed by atoms with Gasteiger partial charge in [0.15, 0.2) is 0 Å². The van der Waals surface area contributed by atoms with Gasteiger partial charge in [0.25, 0.3) is 0 Å². The molecule has 0 radical (unpaired) electrons. The molecule has 0 aromatic heterocycles. The van der Waals surface area contributed by atoms with Crippen LogP contribution < -0.4 is 10.2 Å². The van der Waals surface area contributed by atoms with Crippen LogP contribution in [0.3, 0.4) is 0 Å². The molecule has 0 saturated carbocycles. The van der Waals surface area contributed by atoms with Gasteiger partial charge in [0.1, 0.15) is 6.54 Å². The Morgan fingerprint density at radius 1 is 1.05 bits per heavy atom. The second-order valence-electron chi connectivity index (χ2n) is 4.61. The third kappa shape index (κ3) is 4.07. The van der Waals surface area contributed by atoms with E-state index in [9.17, 15) is 9.59 Å². The molecule has 0 aliphatic rings. The molecule has 2 N–H and O–H groups in total. The maximum Gasteiger partial charge on any atom is 0.326 e. The average molecular weight is 284 g/mol. The van der Waals surface area contributed by atoms with E-state index in [1.54, 1.807) is 36.4 Å². The Kier molecular flexibility index (Phi) is 4.56. The summed E-state index contributed by atoms with van der Waals surface area (Å²) in [5.41, 5.74) is 2.19. The van der Waals surface area contributed by atoms with E-state index in [-0.39, 0.29) is 0 Å². The van der Waals surface area contributed by atoms with Crippen LogP contribution in [-0.2, 0) is 4.79 Å². The molecule has 2 rings (SSSR count). The summed E-state index contributed by atoms with van der Waals surface area (Å²) >= 11 is 0. The zero-order chi connectivity index (χ0) is 15.2. The summed E-state index contributed by atoms with van der Waals surface area (Å²) in [6.07, 6.45) is 0. The normalized spacial score (nSPS) is 9.95. The Morgan fingerprint density at radius 2 is 1.67 bits per heavy atom. The van der Waals surface area contributed by atoms with E-state index in [0.717, 1.165) is 5.56 Å². The predicted octanol–water partition coefficient (Wildman–Crippen LogP) is 3.12. The maximum atomic E-state index is 12.3. The molecule has 5 heteroatoms. The minimum atomic E-state index is -1.07. The number of aliphatic carboxylic acids is 1. The molecule has 0 saturated heterocycles. The largest absolute Gasteiger partial charge is 0.480 e. The van der Waals surface area contributed by atoms with Gasteiger partial charge in [-0.25, -0.2) is 4.79 Å². The SMILES string of the molecule is Cc1ccc(N(CC(=O)O)C(=O)Nc2ccccc2)cc1. The summed E-state index contributed by atoms with van der Waals surface area (Å²) in [5.74, 6) is -1.07. The Labute approximate surface area is 122 Å². The number of anilines is 2. The monoisotopic (exact) mass is 284 g/mol. The number of para-hydroxylation sites is 1. The molecule has 0 bridgehead atoms. The molecular formula is C16H16N2O3. The number of carboxylic acids is 1. The van der Waals surface area contributed by atoms with Crippen LogP contribution >= 0.6 is 0 Å². The summed E-state index contributed by atoms with van der Waals surface area (Å²) in [5, 5.41) is 11.7. The Hall–Kier alpha value is -2.82. The van der Waals surface area contributed by atoms with E-state index in [1.165, 1.54) is 4.90 Å². The number of amides is 2. The summed E-state index contributed by atoms with van der Waals surface area (Å²) in [7, 11) is 0. The van der Waals surface area contributed by atoms with E-state index in [1.807, 2.05) is 25.1 Å². The van der Waals surface area contributed by atoms with Gasteiger partial charge in [-0.2, -0.15) is 0 Å². The second kappa shape index (κ2) is 6.56. The first-order valence-electron chi connectivity index (χ1n) is 6.48. The zero-order valence-corrected chi connectivity index (χ0v) is 11.6. The minimum absolute atomic E-state index is 0.401. The number of hydrogen-bond acceptors (Lipinski definition) is 2. The molecule has 0 aliphatic carbocycles. The van der Waals surface area contributed by atoms with Crippen molar-refractivity contribution < 1.29 is 14.7 Å².